The van der Waals surface area contributed by atoms with Crippen molar-refractivity contribution in [2.75, 3.05) is 0 Å². The molecule has 0 bridgehead atoms. The van der Waals surface area contributed by atoms with E-state index in [1.54, 1.807) is 24.3 Å². The summed E-state index contributed by atoms with van der Waals surface area (Å²) < 4.78 is 27.3. The number of rotatable bonds is 4. The number of hydrogen-bond acceptors (Lipinski definition) is 4. The summed E-state index contributed by atoms with van der Waals surface area (Å²) in [5.41, 5.74) is 6.55. The Morgan fingerprint density at radius 2 is 2.05 bits per heavy atom. The van der Waals surface area contributed by atoms with Crippen molar-refractivity contribution < 1.29 is 13.5 Å². The van der Waals surface area contributed by atoms with E-state index in [-0.39, 0.29) is 10.9 Å². The first-order valence-electron chi connectivity index (χ1n) is 6.96. The Morgan fingerprint density at radius 3 is 2.70 bits per heavy atom. The number of aliphatic hydroxyl groups excluding tert-OH is 1. The second-order valence-electron chi connectivity index (χ2n) is 5.44. The van der Waals surface area contributed by atoms with Crippen LogP contribution in [0.2, 0.25) is 0 Å². The van der Waals surface area contributed by atoms with Gasteiger partial charge in [0.1, 0.15) is 0 Å². The third kappa shape index (κ3) is 3.58. The molecular formula is C14H22N2O3S. The molecule has 112 valence electrons. The summed E-state index contributed by atoms with van der Waals surface area (Å²) in [5, 5.41) is 9.88. The van der Waals surface area contributed by atoms with Crippen molar-refractivity contribution in [3.63, 3.8) is 0 Å². The normalized spacial score (nSPS) is 25.4. The molecule has 4 N–H and O–H groups in total. The van der Waals surface area contributed by atoms with Gasteiger partial charge in [0.25, 0.3) is 0 Å². The van der Waals surface area contributed by atoms with E-state index in [1.165, 1.54) is 0 Å². The second kappa shape index (κ2) is 6.22. The molecule has 0 heterocycles. The number of nitrogens with two attached hydrogens (primary N) is 1. The van der Waals surface area contributed by atoms with E-state index < -0.39 is 22.2 Å². The van der Waals surface area contributed by atoms with E-state index in [0.717, 1.165) is 18.4 Å². The Hall–Kier alpha value is -0.950. The van der Waals surface area contributed by atoms with E-state index in [2.05, 4.69) is 4.72 Å². The molecule has 3 atom stereocenters. The van der Waals surface area contributed by atoms with Gasteiger partial charge in [-0.05, 0) is 37.5 Å². The summed E-state index contributed by atoms with van der Waals surface area (Å²) in [6, 6.07) is 6.01. The predicted octanol–water partition coefficient (Wildman–Crippen LogP) is 1.29. The highest BCUT2D eigenvalue weighted by molar-refractivity contribution is 7.89. The topological polar surface area (TPSA) is 92.4 Å². The molecule has 1 aromatic rings. The molecule has 6 heteroatoms. The quantitative estimate of drug-likeness (QED) is 0.781. The van der Waals surface area contributed by atoms with Gasteiger partial charge in [-0.2, -0.15) is 0 Å². The van der Waals surface area contributed by atoms with Gasteiger partial charge in [0, 0.05) is 12.1 Å². The van der Waals surface area contributed by atoms with Gasteiger partial charge in [-0.3, -0.25) is 0 Å². The maximum Gasteiger partial charge on any atom is 0.240 e. The zero-order valence-electron chi connectivity index (χ0n) is 11.6. The van der Waals surface area contributed by atoms with Crippen LogP contribution in [-0.2, 0) is 10.0 Å². The molecule has 1 aliphatic rings. The summed E-state index contributed by atoms with van der Waals surface area (Å²) in [6.07, 6.45) is 2.60. The number of nitrogens with one attached hydrogen (secondary N) is 1. The van der Waals surface area contributed by atoms with Gasteiger partial charge in [-0.1, -0.05) is 25.0 Å². The summed E-state index contributed by atoms with van der Waals surface area (Å²) in [7, 11) is -3.61. The van der Waals surface area contributed by atoms with Gasteiger partial charge in [-0.15, -0.1) is 0 Å². The van der Waals surface area contributed by atoms with Crippen LogP contribution in [0.3, 0.4) is 0 Å². The fourth-order valence-corrected chi connectivity index (χ4v) is 3.84. The summed E-state index contributed by atoms with van der Waals surface area (Å²) in [5.74, 6) is 0. The summed E-state index contributed by atoms with van der Waals surface area (Å²) >= 11 is 0. The lowest BCUT2D eigenvalue weighted by molar-refractivity contribution is 0.101. The molecule has 1 saturated carbocycles. The molecule has 20 heavy (non-hydrogen) atoms. The predicted molar refractivity (Wildman–Crippen MR) is 77.6 cm³/mol. The monoisotopic (exact) mass is 298 g/mol. The highest BCUT2D eigenvalue weighted by Crippen LogP contribution is 2.21. The van der Waals surface area contributed by atoms with Gasteiger partial charge in [-0.25, -0.2) is 13.1 Å². The Bertz CT molecular complexity index is 557. The summed E-state index contributed by atoms with van der Waals surface area (Å²) in [6.45, 7) is 1.81. The first-order valence-corrected chi connectivity index (χ1v) is 8.44. The molecule has 1 fully saturated rings. The minimum absolute atomic E-state index is 0.199. The second-order valence-corrected chi connectivity index (χ2v) is 7.15. The molecule has 0 spiro atoms. The number of aliphatic hydroxyl groups is 1. The highest BCUT2D eigenvalue weighted by atomic mass is 32.2. The van der Waals surface area contributed by atoms with Crippen molar-refractivity contribution in [3.05, 3.63) is 29.8 Å². The van der Waals surface area contributed by atoms with Crippen molar-refractivity contribution in [1.82, 2.24) is 4.72 Å². The molecule has 0 aromatic heterocycles. The zero-order valence-corrected chi connectivity index (χ0v) is 12.4. The van der Waals surface area contributed by atoms with E-state index in [9.17, 15) is 13.5 Å². The van der Waals surface area contributed by atoms with Gasteiger partial charge in [0.05, 0.1) is 11.0 Å². The van der Waals surface area contributed by atoms with Crippen molar-refractivity contribution in [1.29, 1.82) is 0 Å². The Kier molecular flexibility index (Phi) is 4.80. The van der Waals surface area contributed by atoms with Crippen LogP contribution in [0.25, 0.3) is 0 Å². The Balaban J connectivity index is 2.19. The maximum atomic E-state index is 12.4. The van der Waals surface area contributed by atoms with Crippen LogP contribution in [-0.4, -0.2) is 25.7 Å². The number of benzene rings is 1. The zero-order chi connectivity index (χ0) is 14.8. The van der Waals surface area contributed by atoms with Gasteiger partial charge >= 0.3 is 0 Å². The van der Waals surface area contributed by atoms with Crippen LogP contribution >= 0.6 is 0 Å². The van der Waals surface area contributed by atoms with Gasteiger partial charge in [0.15, 0.2) is 0 Å². The average Bonchev–Trinajstić information content (AvgIpc) is 2.41. The SMILES string of the molecule is CC(N)c1cccc(S(=O)(=O)NC2CCCCC2O)c1. The first-order chi connectivity index (χ1) is 9.40. The number of sulfonamides is 1. The van der Waals surface area contributed by atoms with Gasteiger partial charge in [0.2, 0.25) is 10.0 Å². The molecular weight excluding hydrogens is 276 g/mol. The third-order valence-corrected chi connectivity index (χ3v) is 5.22. The van der Waals surface area contributed by atoms with Crippen molar-refractivity contribution >= 4 is 10.0 Å². The standard InChI is InChI=1S/C14H22N2O3S/c1-10(15)11-5-4-6-12(9-11)20(18,19)16-13-7-2-3-8-14(13)17/h4-6,9-10,13-14,16-17H,2-3,7-8,15H2,1H3. The molecule has 3 unspecified atom stereocenters. The molecule has 5 nitrogen and oxygen atoms in total. The molecule has 0 radical (unpaired) electrons. The van der Waals surface area contributed by atoms with E-state index in [1.807, 2.05) is 6.92 Å². The van der Waals surface area contributed by atoms with E-state index in [4.69, 9.17) is 5.73 Å². The lowest BCUT2D eigenvalue weighted by Crippen LogP contribution is -2.44. The molecule has 0 aliphatic heterocycles. The van der Waals surface area contributed by atoms with Crippen LogP contribution in [0, 0.1) is 0 Å². The first kappa shape index (κ1) is 15.4. The van der Waals surface area contributed by atoms with Crippen molar-refractivity contribution in [2.24, 2.45) is 5.73 Å². The fraction of sp³-hybridized carbons (Fsp3) is 0.571. The van der Waals surface area contributed by atoms with Crippen LogP contribution in [0.1, 0.15) is 44.2 Å². The lowest BCUT2D eigenvalue weighted by Gasteiger charge is -2.28. The fourth-order valence-electron chi connectivity index (χ4n) is 2.48. The van der Waals surface area contributed by atoms with Crippen molar-refractivity contribution in [3.8, 4) is 0 Å². The average molecular weight is 298 g/mol. The van der Waals surface area contributed by atoms with Crippen LogP contribution in [0.5, 0.6) is 0 Å². The lowest BCUT2D eigenvalue weighted by atomic mass is 9.93. The van der Waals surface area contributed by atoms with Crippen LogP contribution in [0.15, 0.2) is 29.2 Å². The molecule has 2 rings (SSSR count). The Labute approximate surface area is 120 Å². The highest BCUT2D eigenvalue weighted by Gasteiger charge is 2.28. The smallest absolute Gasteiger partial charge is 0.240 e. The van der Waals surface area contributed by atoms with E-state index >= 15 is 0 Å². The van der Waals surface area contributed by atoms with Crippen LogP contribution in [0.4, 0.5) is 0 Å². The van der Waals surface area contributed by atoms with Crippen molar-refractivity contribution in [2.45, 2.75) is 55.7 Å². The third-order valence-electron chi connectivity index (χ3n) is 3.73. The number of hydrogen-bond donors (Lipinski definition) is 3. The largest absolute Gasteiger partial charge is 0.391 e. The Morgan fingerprint density at radius 1 is 1.35 bits per heavy atom. The molecule has 0 amide bonds. The molecule has 1 aromatic carbocycles. The van der Waals surface area contributed by atoms with Gasteiger partial charge < -0.3 is 10.8 Å². The minimum Gasteiger partial charge on any atom is -0.391 e. The van der Waals surface area contributed by atoms with E-state index in [0.29, 0.717) is 12.8 Å². The summed E-state index contributed by atoms with van der Waals surface area (Å²) in [4.78, 5) is 0.199. The maximum absolute atomic E-state index is 12.4. The minimum atomic E-state index is -3.61. The molecule has 1 aliphatic carbocycles. The molecule has 0 saturated heterocycles. The van der Waals surface area contributed by atoms with Crippen LogP contribution < -0.4 is 10.5 Å².